The minimum Gasteiger partial charge on any atom is -0.339 e. The van der Waals surface area contributed by atoms with E-state index in [9.17, 15) is 4.79 Å². The van der Waals surface area contributed by atoms with Crippen molar-refractivity contribution in [2.75, 3.05) is 13.1 Å². The molecule has 6 nitrogen and oxygen atoms in total. The first-order valence-corrected chi connectivity index (χ1v) is 7.69. The van der Waals surface area contributed by atoms with Crippen molar-refractivity contribution in [3.8, 4) is 11.4 Å². The van der Waals surface area contributed by atoms with E-state index in [0.717, 1.165) is 36.5 Å². The topological polar surface area (TPSA) is 71.9 Å². The molecule has 0 atom stereocenters. The summed E-state index contributed by atoms with van der Waals surface area (Å²) in [7, 11) is 0. The van der Waals surface area contributed by atoms with Crippen LogP contribution in [0.15, 0.2) is 30.2 Å². The van der Waals surface area contributed by atoms with Crippen LogP contribution in [0.2, 0.25) is 0 Å². The Morgan fingerprint density at radius 2 is 2.13 bits per heavy atom. The lowest BCUT2D eigenvalue weighted by atomic mass is 10.0. The maximum atomic E-state index is 11.5. The zero-order valence-electron chi connectivity index (χ0n) is 13.4. The summed E-state index contributed by atoms with van der Waals surface area (Å²) in [5, 5.41) is 0. The molecule has 0 aromatic carbocycles. The highest BCUT2D eigenvalue weighted by Crippen LogP contribution is 2.19. The van der Waals surface area contributed by atoms with Gasteiger partial charge in [0.2, 0.25) is 5.91 Å². The molecule has 3 heterocycles. The third kappa shape index (κ3) is 3.77. The molecule has 2 aromatic rings. The Morgan fingerprint density at radius 3 is 2.87 bits per heavy atom. The van der Waals surface area contributed by atoms with Gasteiger partial charge >= 0.3 is 0 Å². The van der Waals surface area contributed by atoms with Crippen LogP contribution in [0.5, 0.6) is 0 Å². The maximum absolute atomic E-state index is 11.5. The summed E-state index contributed by atoms with van der Waals surface area (Å²) >= 11 is 0. The van der Waals surface area contributed by atoms with Gasteiger partial charge in [-0.25, -0.2) is 9.97 Å². The quantitative estimate of drug-likeness (QED) is 0.851. The van der Waals surface area contributed by atoms with Crippen molar-refractivity contribution in [1.82, 2.24) is 24.8 Å². The second-order valence-corrected chi connectivity index (χ2v) is 5.69. The van der Waals surface area contributed by atoms with Crippen LogP contribution in [0.3, 0.4) is 0 Å². The van der Waals surface area contributed by atoms with E-state index in [1.54, 1.807) is 25.5 Å². The number of hydrogen-bond donors (Lipinski definition) is 0. The van der Waals surface area contributed by atoms with Gasteiger partial charge in [0.1, 0.15) is 5.69 Å². The van der Waals surface area contributed by atoms with E-state index in [0.29, 0.717) is 12.4 Å². The highest BCUT2D eigenvalue weighted by atomic mass is 16.2. The zero-order chi connectivity index (χ0) is 16.2. The third-order valence-corrected chi connectivity index (χ3v) is 3.80. The van der Waals surface area contributed by atoms with Gasteiger partial charge in [0.25, 0.3) is 0 Å². The van der Waals surface area contributed by atoms with Gasteiger partial charge < -0.3 is 4.90 Å². The lowest BCUT2D eigenvalue weighted by Gasteiger charge is -2.27. The number of carbonyl (C=O) groups is 1. The highest BCUT2D eigenvalue weighted by Gasteiger charge is 2.16. The van der Waals surface area contributed by atoms with Crippen molar-refractivity contribution in [1.29, 1.82) is 0 Å². The molecule has 0 aliphatic carbocycles. The number of aryl methyl sites for hydroxylation is 1. The molecule has 1 fully saturated rings. The summed E-state index contributed by atoms with van der Waals surface area (Å²) in [5.41, 5.74) is 3.55. The molecule has 0 bridgehead atoms. The second-order valence-electron chi connectivity index (χ2n) is 5.69. The van der Waals surface area contributed by atoms with E-state index < -0.39 is 0 Å². The predicted molar refractivity (Wildman–Crippen MR) is 87.3 cm³/mol. The van der Waals surface area contributed by atoms with Gasteiger partial charge in [0, 0.05) is 38.1 Å². The van der Waals surface area contributed by atoms with Gasteiger partial charge in [0.15, 0.2) is 5.82 Å². The molecule has 6 heteroatoms. The Kier molecular flexibility index (Phi) is 4.41. The van der Waals surface area contributed by atoms with Crippen molar-refractivity contribution in [2.45, 2.75) is 26.7 Å². The molecule has 1 saturated heterocycles. The van der Waals surface area contributed by atoms with E-state index in [1.165, 1.54) is 5.57 Å². The highest BCUT2D eigenvalue weighted by molar-refractivity contribution is 5.74. The van der Waals surface area contributed by atoms with Crippen LogP contribution >= 0.6 is 0 Å². The lowest BCUT2D eigenvalue weighted by molar-refractivity contribution is -0.128. The predicted octanol–water partition coefficient (Wildman–Crippen LogP) is 2.27. The normalized spacial score (nSPS) is 16.6. The van der Waals surface area contributed by atoms with Gasteiger partial charge in [-0.3, -0.25) is 14.8 Å². The Morgan fingerprint density at radius 1 is 1.26 bits per heavy atom. The fraction of sp³-hybridized carbons (Fsp3) is 0.353. The molecule has 2 aromatic heterocycles. The molecule has 1 aliphatic heterocycles. The molecule has 1 amide bonds. The van der Waals surface area contributed by atoms with E-state index in [4.69, 9.17) is 0 Å². The largest absolute Gasteiger partial charge is 0.339 e. The molecule has 0 radical (unpaired) electrons. The summed E-state index contributed by atoms with van der Waals surface area (Å²) in [5.74, 6) is 0.770. The average molecular weight is 309 g/mol. The smallest absolute Gasteiger partial charge is 0.219 e. The Bertz CT molecular complexity index is 742. The standard InChI is InChI=1S/C17H19N5O/c1-12-8-15(16-10-18-5-6-19-16)21-17(20-12)9-14-4-3-7-22(11-14)13(2)23/h5-6,8-10H,3-4,7,11H2,1-2H3/b14-9-. The van der Waals surface area contributed by atoms with Crippen LogP contribution in [-0.4, -0.2) is 43.8 Å². The molecule has 0 spiro atoms. The molecule has 0 saturated carbocycles. The summed E-state index contributed by atoms with van der Waals surface area (Å²) in [6.07, 6.45) is 8.92. The van der Waals surface area contributed by atoms with Crippen LogP contribution in [0.25, 0.3) is 17.5 Å². The van der Waals surface area contributed by atoms with Gasteiger partial charge in [-0.15, -0.1) is 0 Å². The molecule has 1 aliphatic rings. The first-order chi connectivity index (χ1) is 11.1. The van der Waals surface area contributed by atoms with E-state index in [-0.39, 0.29) is 5.91 Å². The van der Waals surface area contributed by atoms with Crippen LogP contribution in [0, 0.1) is 6.92 Å². The second kappa shape index (κ2) is 6.64. The van der Waals surface area contributed by atoms with Crippen LogP contribution in [-0.2, 0) is 4.79 Å². The molecule has 118 valence electrons. The van der Waals surface area contributed by atoms with E-state index >= 15 is 0 Å². The number of piperidine rings is 1. The van der Waals surface area contributed by atoms with Crippen molar-refractivity contribution in [2.24, 2.45) is 0 Å². The minimum absolute atomic E-state index is 0.112. The monoisotopic (exact) mass is 309 g/mol. The van der Waals surface area contributed by atoms with Crippen LogP contribution in [0.1, 0.15) is 31.3 Å². The number of likely N-dealkylation sites (tertiary alicyclic amines) is 1. The first-order valence-electron chi connectivity index (χ1n) is 7.69. The molecule has 0 N–H and O–H groups in total. The number of aromatic nitrogens is 4. The summed E-state index contributed by atoms with van der Waals surface area (Å²) in [6, 6.07) is 1.90. The minimum atomic E-state index is 0.112. The van der Waals surface area contributed by atoms with Crippen molar-refractivity contribution in [3.05, 3.63) is 41.7 Å². The molecule has 23 heavy (non-hydrogen) atoms. The van der Waals surface area contributed by atoms with Crippen LogP contribution < -0.4 is 0 Å². The first kappa shape index (κ1) is 15.3. The van der Waals surface area contributed by atoms with Crippen molar-refractivity contribution >= 4 is 12.0 Å². The fourth-order valence-corrected chi connectivity index (χ4v) is 2.69. The van der Waals surface area contributed by atoms with Gasteiger partial charge in [0.05, 0.1) is 11.9 Å². The van der Waals surface area contributed by atoms with Gasteiger partial charge in [-0.2, -0.15) is 0 Å². The number of rotatable bonds is 2. The van der Waals surface area contributed by atoms with Crippen LogP contribution in [0.4, 0.5) is 0 Å². The summed E-state index contributed by atoms with van der Waals surface area (Å²) < 4.78 is 0. The summed E-state index contributed by atoms with van der Waals surface area (Å²) in [6.45, 7) is 5.03. The SMILES string of the molecule is CC(=O)N1CCC/C(=C/c2nc(C)cc(-c3cnccn3)n2)C1. The van der Waals surface area contributed by atoms with Crippen molar-refractivity contribution in [3.63, 3.8) is 0 Å². The molecule has 0 unspecified atom stereocenters. The van der Waals surface area contributed by atoms with E-state index in [1.807, 2.05) is 24.0 Å². The number of amides is 1. The molecular formula is C17H19N5O. The third-order valence-electron chi connectivity index (χ3n) is 3.80. The molecule has 3 rings (SSSR count). The van der Waals surface area contributed by atoms with Gasteiger partial charge in [-0.05, 0) is 37.5 Å². The lowest BCUT2D eigenvalue weighted by Crippen LogP contribution is -2.34. The summed E-state index contributed by atoms with van der Waals surface area (Å²) in [4.78, 5) is 30.8. The van der Waals surface area contributed by atoms with Crippen molar-refractivity contribution < 1.29 is 4.79 Å². The Balaban J connectivity index is 1.90. The zero-order valence-corrected chi connectivity index (χ0v) is 13.4. The maximum Gasteiger partial charge on any atom is 0.219 e. The van der Waals surface area contributed by atoms with Gasteiger partial charge in [-0.1, -0.05) is 0 Å². The Labute approximate surface area is 135 Å². The Hall–Kier alpha value is -2.63. The number of nitrogens with zero attached hydrogens (tertiary/aromatic N) is 5. The number of carbonyl (C=O) groups excluding carboxylic acids is 1. The average Bonchev–Trinajstić information content (AvgIpc) is 2.55. The van der Waals surface area contributed by atoms with E-state index in [2.05, 4.69) is 19.9 Å². The fourth-order valence-electron chi connectivity index (χ4n) is 2.69. The molecular weight excluding hydrogens is 290 g/mol. The number of hydrogen-bond acceptors (Lipinski definition) is 5.